The Morgan fingerprint density at radius 2 is 1.08 bits per heavy atom. The van der Waals surface area contributed by atoms with Crippen molar-refractivity contribution in [1.82, 2.24) is 29.4 Å². The molecule has 1 atom stereocenters. The molecule has 2 aliphatic rings. The zero-order chi connectivity index (χ0) is 44.3. The molecule has 13 nitrogen and oxygen atoms in total. The van der Waals surface area contributed by atoms with E-state index in [2.05, 4.69) is 20.0 Å². The van der Waals surface area contributed by atoms with Crippen molar-refractivity contribution in [3.8, 4) is 11.5 Å². The number of carbonyl (C=O) groups is 2. The fraction of sp³-hybridized carbons (Fsp3) is 0.444. The largest absolute Gasteiger partial charge is 0.495 e. The zero-order valence-corrected chi connectivity index (χ0v) is 37.1. The number of aliphatic hydroxyl groups is 1. The molecule has 0 radical (unpaired) electrons. The predicted octanol–water partition coefficient (Wildman–Crippen LogP) is 7.79. The van der Waals surface area contributed by atoms with Crippen LogP contribution in [0, 0.1) is 3.70 Å². The molecule has 2 fully saturated rings. The molecule has 60 heavy (non-hydrogen) atoms. The molecule has 1 unspecified atom stereocenters. The number of benzene rings is 2. The van der Waals surface area contributed by atoms with Gasteiger partial charge in [0.25, 0.3) is 0 Å². The zero-order valence-electron chi connectivity index (χ0n) is 31.9. The van der Waals surface area contributed by atoms with Crippen LogP contribution in [-0.4, -0.2) is 113 Å². The molecule has 1 N–H and O–H groups in total. The number of rotatable bonds is 9. The summed E-state index contributed by atoms with van der Waals surface area (Å²) in [6.07, 6.45) is -10.8. The molecule has 0 aliphatic carbocycles. The number of nitrogens with zero attached hydrogens (tertiary/aromatic N) is 8. The van der Waals surface area contributed by atoms with E-state index in [-0.39, 0.29) is 21.8 Å². The molecule has 2 amide bonds. The van der Waals surface area contributed by atoms with Gasteiger partial charge in [0.15, 0.2) is 11.4 Å². The highest BCUT2D eigenvalue weighted by Gasteiger charge is 2.41. The Hall–Kier alpha value is -3.57. The van der Waals surface area contributed by atoms with Crippen molar-refractivity contribution in [2.24, 2.45) is 0 Å². The molecule has 2 aromatic heterocycles. The maximum atomic E-state index is 13.1. The molecule has 2 aromatic carbocycles. The number of carbonyl (C=O) groups excluding carboxylic acids is 2. The molecule has 24 heteroatoms. The molecule has 328 valence electrons. The highest BCUT2D eigenvalue weighted by Crippen LogP contribution is 2.39. The number of aliphatic hydroxyl groups excluding tert-OH is 1. The van der Waals surface area contributed by atoms with Crippen LogP contribution in [0.2, 0.25) is 20.1 Å². The Balaban J connectivity index is 0.000000228. The number of aromatic nitrogens is 4. The first-order chi connectivity index (χ1) is 28.1. The SMILES string of the molecule is COc1cc(N2CCN(C(=O)Cn3nc(C(F)(F)F)c(Cl)c3C(C)O)CC2)ccc1Cl.COc1cc(N2CCN(C(=O)Cn3nc(C(F)(F)F)c(Cl)c3I)CC2)ccc1Cl. The Morgan fingerprint density at radius 1 is 0.700 bits per heavy atom. The second kappa shape index (κ2) is 19.6. The van der Waals surface area contributed by atoms with Gasteiger partial charge in [0.1, 0.15) is 33.3 Å². The van der Waals surface area contributed by atoms with Gasteiger partial charge in [-0.05, 0) is 53.8 Å². The summed E-state index contributed by atoms with van der Waals surface area (Å²) in [6.45, 7) is 4.30. The standard InChI is InChI=1S/C19H21Cl2F3N4O3.C17H16Cl2F3IN4O2/c1-11(29)17-16(21)18(19(22,23)24)25-28(17)10-15(30)27-7-5-26(6-8-27)12-3-4-13(20)14(9-12)31-2;1-29-12-8-10(2-3-11(12)18)25-4-6-26(7-5-25)13(28)9-27-16(23)14(19)15(24-27)17(20,21)22/h3-4,9,11,29H,5-8,10H2,1-2H3;2-3,8H,4-7,9H2,1H3. The van der Waals surface area contributed by atoms with Crippen molar-refractivity contribution in [1.29, 1.82) is 0 Å². The van der Waals surface area contributed by atoms with Crippen molar-refractivity contribution in [3.05, 3.63) is 77.3 Å². The first-order valence-corrected chi connectivity index (χ1v) is 20.5. The molecule has 2 aliphatic heterocycles. The third-order valence-corrected chi connectivity index (χ3v) is 12.3. The van der Waals surface area contributed by atoms with Gasteiger partial charge in [-0.2, -0.15) is 36.5 Å². The molecule has 4 heterocycles. The van der Waals surface area contributed by atoms with E-state index in [0.29, 0.717) is 73.9 Å². The van der Waals surface area contributed by atoms with Gasteiger partial charge in [-0.3, -0.25) is 14.3 Å². The third-order valence-electron chi connectivity index (χ3n) is 9.54. The number of methoxy groups -OCH3 is 2. The van der Waals surface area contributed by atoms with Crippen molar-refractivity contribution in [2.45, 2.75) is 38.5 Å². The van der Waals surface area contributed by atoms with E-state index in [4.69, 9.17) is 55.9 Å². The molecule has 6 rings (SSSR count). The molecule has 4 aromatic rings. The minimum Gasteiger partial charge on any atom is -0.495 e. The van der Waals surface area contributed by atoms with Gasteiger partial charge >= 0.3 is 12.4 Å². The van der Waals surface area contributed by atoms with E-state index in [1.807, 2.05) is 18.2 Å². The van der Waals surface area contributed by atoms with Crippen molar-refractivity contribution >= 4 is 92.2 Å². The van der Waals surface area contributed by atoms with Crippen LogP contribution in [0.4, 0.5) is 37.7 Å². The number of amides is 2. The van der Waals surface area contributed by atoms with E-state index in [0.717, 1.165) is 20.7 Å². The number of hydrogen-bond donors (Lipinski definition) is 1. The Labute approximate surface area is 373 Å². The van der Waals surface area contributed by atoms with Crippen molar-refractivity contribution < 1.29 is 50.5 Å². The highest BCUT2D eigenvalue weighted by atomic mass is 127. The van der Waals surface area contributed by atoms with E-state index < -0.39 is 52.3 Å². The van der Waals surface area contributed by atoms with Gasteiger partial charge in [0.2, 0.25) is 11.8 Å². The summed E-state index contributed by atoms with van der Waals surface area (Å²) >= 11 is 25.3. The predicted molar refractivity (Wildman–Crippen MR) is 221 cm³/mol. The fourth-order valence-electron chi connectivity index (χ4n) is 6.43. The van der Waals surface area contributed by atoms with Crippen LogP contribution in [-0.2, 0) is 35.0 Å². The first kappa shape index (κ1) is 47.5. The van der Waals surface area contributed by atoms with Crippen LogP contribution < -0.4 is 19.3 Å². The summed E-state index contributed by atoms with van der Waals surface area (Å²) in [5.74, 6) is 0.375. The van der Waals surface area contributed by atoms with Gasteiger partial charge in [0, 0.05) is 75.9 Å². The lowest BCUT2D eigenvalue weighted by atomic mass is 10.2. The summed E-state index contributed by atoms with van der Waals surface area (Å²) in [5.41, 5.74) is -0.938. The topological polar surface area (TPSA) is 121 Å². The Kier molecular flexibility index (Phi) is 15.5. The summed E-state index contributed by atoms with van der Waals surface area (Å²) in [6, 6.07) is 10.8. The van der Waals surface area contributed by atoms with E-state index in [9.17, 15) is 41.0 Å². The van der Waals surface area contributed by atoms with E-state index in [1.54, 1.807) is 45.7 Å². The summed E-state index contributed by atoms with van der Waals surface area (Å²) < 4.78 is 90.5. The number of alkyl halides is 6. The average Bonchev–Trinajstić information content (AvgIpc) is 3.69. The number of ether oxygens (including phenoxy) is 2. The van der Waals surface area contributed by atoms with Crippen LogP contribution in [0.25, 0.3) is 0 Å². The molecular formula is C36H37Cl4F6IN8O5. The Bertz CT molecular complexity index is 2180. The first-order valence-electron chi connectivity index (χ1n) is 17.9. The van der Waals surface area contributed by atoms with Crippen LogP contribution in [0.5, 0.6) is 11.5 Å². The van der Waals surface area contributed by atoms with Crippen LogP contribution >= 0.6 is 69.0 Å². The van der Waals surface area contributed by atoms with Gasteiger partial charge in [-0.25, -0.2) is 4.68 Å². The maximum Gasteiger partial charge on any atom is 0.436 e. The van der Waals surface area contributed by atoms with Gasteiger partial charge in [-0.15, -0.1) is 0 Å². The number of anilines is 2. The summed E-state index contributed by atoms with van der Waals surface area (Å²) in [4.78, 5) is 32.5. The van der Waals surface area contributed by atoms with Crippen LogP contribution in [0.1, 0.15) is 30.1 Å². The van der Waals surface area contributed by atoms with E-state index >= 15 is 0 Å². The lowest BCUT2D eigenvalue weighted by Crippen LogP contribution is -2.49. The van der Waals surface area contributed by atoms with Crippen LogP contribution in [0.15, 0.2) is 36.4 Å². The number of piperazine rings is 2. The van der Waals surface area contributed by atoms with Crippen molar-refractivity contribution in [2.75, 3.05) is 76.4 Å². The quantitative estimate of drug-likeness (QED) is 0.132. The fourth-order valence-corrected chi connectivity index (χ4v) is 8.00. The molecular weight excluding hydrogens is 1010 g/mol. The van der Waals surface area contributed by atoms with Gasteiger partial charge in [-0.1, -0.05) is 46.4 Å². The third kappa shape index (κ3) is 11.1. The average molecular weight is 1040 g/mol. The number of hydrogen-bond acceptors (Lipinski definition) is 9. The van der Waals surface area contributed by atoms with Gasteiger partial charge in [0.05, 0.1) is 41.1 Å². The highest BCUT2D eigenvalue weighted by molar-refractivity contribution is 14.1. The number of halogens is 11. The summed E-state index contributed by atoms with van der Waals surface area (Å²) in [7, 11) is 3.06. The van der Waals surface area contributed by atoms with Crippen LogP contribution in [0.3, 0.4) is 0 Å². The second-order valence-electron chi connectivity index (χ2n) is 13.4. The van der Waals surface area contributed by atoms with Crippen molar-refractivity contribution in [3.63, 3.8) is 0 Å². The minimum absolute atomic E-state index is 0.0804. The molecule has 0 spiro atoms. The minimum atomic E-state index is -4.79. The lowest BCUT2D eigenvalue weighted by molar-refractivity contribution is -0.142. The normalized spacial score (nSPS) is 15.4. The lowest BCUT2D eigenvalue weighted by Gasteiger charge is -2.36. The molecule has 0 saturated carbocycles. The monoisotopic (exact) mass is 1040 g/mol. The Morgan fingerprint density at radius 3 is 1.45 bits per heavy atom. The smallest absolute Gasteiger partial charge is 0.436 e. The van der Waals surface area contributed by atoms with Gasteiger partial charge < -0.3 is 34.2 Å². The summed E-state index contributed by atoms with van der Waals surface area (Å²) in [5, 5.41) is 16.6. The molecule has 2 saturated heterocycles. The maximum absolute atomic E-state index is 13.1. The van der Waals surface area contributed by atoms with E-state index in [1.165, 1.54) is 26.0 Å². The second-order valence-corrected chi connectivity index (χ2v) is 16.0. The molecule has 0 bridgehead atoms.